The number of carboxylic acid groups (broad SMARTS) is 1. The lowest BCUT2D eigenvalue weighted by molar-refractivity contribution is -0.302. The number of urea groups is 1. The number of ether oxygens (including phenoxy) is 2. The van der Waals surface area contributed by atoms with Crippen LogP contribution in [-0.4, -0.2) is 108 Å². The number of carbonyl (C=O) groups excluding carboxylic acids is 4. The first kappa shape index (κ1) is 46.6. The summed E-state index contributed by atoms with van der Waals surface area (Å²) >= 11 is 1.89. The molecule has 3 unspecified atom stereocenters. The molecular weight excluding hydrogens is 847 g/mol. The van der Waals surface area contributed by atoms with Gasteiger partial charge in [-0.3, -0.25) is 9.59 Å². The molecule has 5 N–H and O–H groups in total. The van der Waals surface area contributed by atoms with Gasteiger partial charge in [0.05, 0.1) is 36.4 Å². The quantitative estimate of drug-likeness (QED) is 0.0281. The third-order valence-electron chi connectivity index (χ3n) is 11.7. The number of amides is 4. The first-order chi connectivity index (χ1) is 31.4. The number of thioether (sulfide) groups is 1. The Balaban J connectivity index is 0.862. The number of aliphatic carboxylic acids is 1. The van der Waals surface area contributed by atoms with Crippen molar-refractivity contribution >= 4 is 57.9 Å². The zero-order valence-corrected chi connectivity index (χ0v) is 38.3. The molecule has 0 aromatic heterocycles. The summed E-state index contributed by atoms with van der Waals surface area (Å²) in [5.41, 5.74) is 5.45. The van der Waals surface area contributed by atoms with E-state index >= 15 is 0 Å². The Bertz CT molecular complexity index is 2520. The van der Waals surface area contributed by atoms with E-state index in [0.29, 0.717) is 47.5 Å². The van der Waals surface area contributed by atoms with E-state index < -0.39 is 12.5 Å². The second-order valence-electron chi connectivity index (χ2n) is 16.8. The predicted octanol–water partition coefficient (Wildman–Crippen LogP) is 4.66. The van der Waals surface area contributed by atoms with Crippen LogP contribution in [0.15, 0.2) is 83.3 Å². The van der Waals surface area contributed by atoms with Crippen LogP contribution < -0.4 is 56.0 Å². The Kier molecular flexibility index (Phi) is 15.7. The molecule has 65 heavy (non-hydrogen) atoms. The number of anilines is 2. The van der Waals surface area contributed by atoms with Gasteiger partial charge in [0.2, 0.25) is 11.3 Å². The van der Waals surface area contributed by atoms with Gasteiger partial charge in [0, 0.05) is 84.5 Å². The van der Waals surface area contributed by atoms with Gasteiger partial charge in [0.25, 0.3) is 5.91 Å². The summed E-state index contributed by atoms with van der Waals surface area (Å²) in [4.78, 5) is 50.1. The number of carboxylic acids is 1. The van der Waals surface area contributed by atoms with Gasteiger partial charge in [-0.1, -0.05) is 12.5 Å². The molecule has 3 heterocycles. The number of unbranched alkanes of at least 4 members (excludes halogenated alkanes) is 3. The molecule has 4 amide bonds. The van der Waals surface area contributed by atoms with Crippen molar-refractivity contribution in [2.24, 2.45) is 0 Å². The van der Waals surface area contributed by atoms with E-state index in [1.165, 1.54) is 0 Å². The molecule has 0 spiro atoms. The van der Waals surface area contributed by atoms with Crippen LogP contribution in [0.5, 0.6) is 11.5 Å². The van der Waals surface area contributed by atoms with Crippen LogP contribution in [-0.2, 0) is 9.59 Å². The summed E-state index contributed by atoms with van der Waals surface area (Å²) in [6.45, 7) is 1.09. The van der Waals surface area contributed by atoms with Crippen molar-refractivity contribution in [2.45, 2.75) is 62.3 Å². The number of rotatable bonds is 22. The van der Waals surface area contributed by atoms with Crippen LogP contribution in [0.2, 0.25) is 0 Å². The normalized spacial score (nSPS) is 16.4. The van der Waals surface area contributed by atoms with Gasteiger partial charge < -0.3 is 55.3 Å². The topological polar surface area (TPSA) is 189 Å². The molecule has 3 atom stereocenters. The average molecular weight is 906 g/mol. The van der Waals surface area contributed by atoms with E-state index in [1.807, 2.05) is 98.0 Å². The maximum absolute atomic E-state index is 12.8. The minimum atomic E-state index is -1.25. The molecule has 2 fully saturated rings. The molecule has 4 aliphatic rings. The van der Waals surface area contributed by atoms with Gasteiger partial charge in [-0.2, -0.15) is 11.8 Å². The number of benzene rings is 4. The number of fused-ring (bicyclic) bond motifs is 3. The van der Waals surface area contributed by atoms with Crippen molar-refractivity contribution in [3.63, 3.8) is 0 Å². The maximum Gasteiger partial charge on any atom is 0.315 e. The largest absolute Gasteiger partial charge is 0.548 e. The van der Waals surface area contributed by atoms with Crippen molar-refractivity contribution in [2.75, 3.05) is 77.0 Å². The number of nitrogens with zero attached hydrogens (tertiary/aromatic N) is 2. The minimum absolute atomic E-state index is 0.0650. The zero-order chi connectivity index (χ0) is 45.9. The Morgan fingerprint density at radius 1 is 0.877 bits per heavy atom. The van der Waals surface area contributed by atoms with Crippen LogP contribution in [0, 0.1) is 0 Å². The summed E-state index contributed by atoms with van der Waals surface area (Å²) in [5.74, 6) is 1.32. The van der Waals surface area contributed by atoms with Crippen LogP contribution in [0.3, 0.4) is 0 Å². The molecule has 0 radical (unpaired) electrons. The minimum Gasteiger partial charge on any atom is -0.548 e. The number of nitrogens with one attached hydrogen (secondary N) is 5. The molecule has 7 rings (SSSR count). The molecule has 3 aliphatic heterocycles. The second-order valence-corrected chi connectivity index (χ2v) is 18.1. The molecule has 1 aliphatic carbocycles. The van der Waals surface area contributed by atoms with Gasteiger partial charge in [-0.05, 0) is 92.3 Å². The highest BCUT2D eigenvalue weighted by atomic mass is 32.2. The average Bonchev–Trinajstić information content (AvgIpc) is 3.85. The van der Waals surface area contributed by atoms with Gasteiger partial charge in [0.1, 0.15) is 50.2 Å². The van der Waals surface area contributed by atoms with Crippen molar-refractivity contribution in [1.82, 2.24) is 25.8 Å². The fourth-order valence-corrected chi connectivity index (χ4v) is 9.72. The van der Waals surface area contributed by atoms with Crippen LogP contribution in [0.1, 0.15) is 55.3 Å². The molecule has 3 aromatic rings. The standard InChI is InChI=1S/C49H59N7O8S/c1-55(2)33-15-19-36-40(27-33)64-41-28-34(56(3)4)16-20-37(41)46(36)32-14-21-38(52-29-45(58)59)42(26-32)63-25-24-62-35-17-12-31(13-18-35)48(60)51-23-9-5-8-22-50-44(57)11-7-6-10-43-47-39(30-65-43)53-49(61)54-47/h12-21,26-28,39,43,47H,5-11,22-25,29-30H2,1-4H3,(H5,50,51,53,54,57,58,59,60,61). The molecule has 344 valence electrons. The second kappa shape index (κ2) is 22.0. The van der Waals surface area contributed by atoms with Gasteiger partial charge >= 0.3 is 6.03 Å². The van der Waals surface area contributed by atoms with Gasteiger partial charge in [-0.25, -0.2) is 9.37 Å². The zero-order valence-electron chi connectivity index (χ0n) is 37.5. The summed E-state index contributed by atoms with van der Waals surface area (Å²) in [5, 5.41) is 28.6. The number of hydrogen-bond donors (Lipinski definition) is 5. The van der Waals surface area contributed by atoms with E-state index in [-0.39, 0.29) is 43.1 Å². The third kappa shape index (κ3) is 12.2. The van der Waals surface area contributed by atoms with Crippen molar-refractivity contribution in [3.05, 3.63) is 89.8 Å². The lowest BCUT2D eigenvalue weighted by atomic mass is 9.93. The Morgan fingerprint density at radius 2 is 1.66 bits per heavy atom. The molecule has 0 bridgehead atoms. The Morgan fingerprint density at radius 3 is 2.43 bits per heavy atom. The molecule has 2 saturated heterocycles. The molecule has 0 saturated carbocycles. The van der Waals surface area contributed by atoms with Crippen molar-refractivity contribution in [3.8, 4) is 33.9 Å². The summed E-state index contributed by atoms with van der Waals surface area (Å²) in [6, 6.07) is 25.1. The Labute approximate surface area is 383 Å². The van der Waals surface area contributed by atoms with E-state index in [4.69, 9.17) is 13.9 Å². The first-order valence-electron chi connectivity index (χ1n) is 22.3. The monoisotopic (exact) mass is 905 g/mol. The lowest BCUT2D eigenvalue weighted by Crippen LogP contribution is -2.36. The smallest absolute Gasteiger partial charge is 0.315 e. The highest BCUT2D eigenvalue weighted by Gasteiger charge is 2.42. The predicted molar refractivity (Wildman–Crippen MR) is 254 cm³/mol. The summed E-state index contributed by atoms with van der Waals surface area (Å²) in [6.07, 6.45) is 5.80. The molecule has 16 heteroatoms. The highest BCUT2D eigenvalue weighted by molar-refractivity contribution is 8.00. The first-order valence-corrected chi connectivity index (χ1v) is 23.3. The van der Waals surface area contributed by atoms with E-state index in [1.54, 1.807) is 30.3 Å². The van der Waals surface area contributed by atoms with Crippen molar-refractivity contribution < 1.29 is 38.2 Å². The molecule has 3 aromatic carbocycles. The fraction of sp³-hybridized carbons (Fsp3) is 0.408. The van der Waals surface area contributed by atoms with Crippen LogP contribution in [0.4, 0.5) is 16.2 Å². The van der Waals surface area contributed by atoms with Gasteiger partial charge in [-0.15, -0.1) is 0 Å². The fourth-order valence-electron chi connectivity index (χ4n) is 8.18. The highest BCUT2D eigenvalue weighted by Crippen LogP contribution is 2.43. The third-order valence-corrected chi connectivity index (χ3v) is 13.2. The van der Waals surface area contributed by atoms with Crippen LogP contribution >= 0.6 is 11.8 Å². The van der Waals surface area contributed by atoms with Gasteiger partial charge in [0.15, 0.2) is 0 Å². The van der Waals surface area contributed by atoms with Crippen molar-refractivity contribution in [1.29, 1.82) is 0 Å². The number of hydrogen-bond acceptors (Lipinski definition) is 11. The summed E-state index contributed by atoms with van der Waals surface area (Å²) in [7, 11) is 7.93. The SMILES string of the molecule is CN(C)c1ccc2c(-c3ccc(NCC(=O)[O-])c(OCCOc4ccc(C(=O)NCCCCCNC(=O)CCCCC5SCC6NC(=O)NC65)cc4)c3)c3ccc(=[N+](C)C)cc-3oc2c1. The summed E-state index contributed by atoms with van der Waals surface area (Å²) < 4.78 is 20.7. The molecular formula is C49H59N7O8S. The van der Waals surface area contributed by atoms with E-state index in [9.17, 15) is 24.3 Å². The lowest BCUT2D eigenvalue weighted by Gasteiger charge is -2.19. The number of carbonyl (C=O) groups is 4. The Hall–Kier alpha value is -6.42. The molecule has 15 nitrogen and oxygen atoms in total. The van der Waals surface area contributed by atoms with E-state index in [2.05, 4.69) is 26.6 Å². The van der Waals surface area contributed by atoms with E-state index in [0.717, 1.165) is 88.7 Å². The maximum atomic E-state index is 12.8. The van der Waals surface area contributed by atoms with Crippen LogP contribution in [0.25, 0.3) is 33.4 Å².